The number of hydrogen-bond acceptors (Lipinski definition) is 8. The molecule has 0 aromatic carbocycles. The smallest absolute Gasteiger partial charge is 0.475 e. The van der Waals surface area contributed by atoms with Crippen molar-refractivity contribution in [3.05, 3.63) is 48.5 Å². The lowest BCUT2D eigenvalue weighted by Gasteiger charge is -2.36. The Kier molecular flexibility index (Phi) is 9.70. The highest BCUT2D eigenvalue weighted by Gasteiger charge is 2.43. The summed E-state index contributed by atoms with van der Waals surface area (Å²) in [6, 6.07) is 7.25. The fourth-order valence-electron chi connectivity index (χ4n) is 3.19. The Morgan fingerprint density at radius 1 is 0.865 bits per heavy atom. The van der Waals surface area contributed by atoms with Gasteiger partial charge in [0.1, 0.15) is 5.69 Å². The van der Waals surface area contributed by atoms with Gasteiger partial charge in [0.2, 0.25) is 5.95 Å². The highest BCUT2D eigenvalue weighted by molar-refractivity contribution is 5.92. The van der Waals surface area contributed by atoms with Crippen molar-refractivity contribution in [2.45, 2.75) is 24.5 Å². The van der Waals surface area contributed by atoms with Gasteiger partial charge in [0.05, 0.1) is 18.8 Å². The van der Waals surface area contributed by atoms with Crippen LogP contribution in [0.3, 0.4) is 0 Å². The Morgan fingerprint density at radius 3 is 1.89 bits per heavy atom. The molecule has 4 rings (SSSR count). The number of amides is 1. The maximum absolute atomic E-state index is 12.6. The summed E-state index contributed by atoms with van der Waals surface area (Å²) in [4.78, 5) is 47.1. The third-order valence-corrected chi connectivity index (χ3v) is 4.77. The first-order chi connectivity index (χ1) is 17.2. The van der Waals surface area contributed by atoms with Crippen LogP contribution in [0, 0.1) is 0 Å². The van der Waals surface area contributed by atoms with E-state index in [9.17, 15) is 31.1 Å². The second-order valence-electron chi connectivity index (χ2n) is 7.25. The van der Waals surface area contributed by atoms with Crippen molar-refractivity contribution in [2.75, 3.05) is 31.1 Å². The number of rotatable bonds is 2. The van der Waals surface area contributed by atoms with Crippen LogP contribution < -0.4 is 4.90 Å². The second-order valence-corrected chi connectivity index (χ2v) is 7.25. The zero-order valence-electron chi connectivity index (χ0n) is 18.6. The van der Waals surface area contributed by atoms with Crippen molar-refractivity contribution in [1.82, 2.24) is 19.9 Å². The topological polar surface area (TPSA) is 146 Å². The molecule has 0 aliphatic carbocycles. The number of nitrogens with zero attached hydrogens (tertiary/aromatic N) is 5. The third-order valence-electron chi connectivity index (χ3n) is 4.77. The normalized spacial score (nSPS) is 19.0. The molecule has 2 aromatic heterocycles. The van der Waals surface area contributed by atoms with E-state index in [1.807, 2.05) is 6.07 Å². The molecule has 2 aliphatic rings. The highest BCUT2D eigenvalue weighted by Crippen LogP contribution is 2.26. The first-order valence-corrected chi connectivity index (χ1v) is 10.2. The minimum Gasteiger partial charge on any atom is -0.475 e. The molecule has 0 saturated carbocycles. The predicted molar refractivity (Wildman–Crippen MR) is 110 cm³/mol. The van der Waals surface area contributed by atoms with E-state index >= 15 is 0 Å². The quantitative estimate of drug-likeness (QED) is 0.543. The van der Waals surface area contributed by atoms with Gasteiger partial charge in [-0.3, -0.25) is 9.78 Å². The van der Waals surface area contributed by atoms with E-state index in [0.29, 0.717) is 31.3 Å². The maximum atomic E-state index is 12.6. The Morgan fingerprint density at radius 2 is 1.41 bits per heavy atom. The van der Waals surface area contributed by atoms with Gasteiger partial charge in [-0.25, -0.2) is 19.6 Å². The van der Waals surface area contributed by atoms with Gasteiger partial charge in [0.15, 0.2) is 0 Å². The zero-order valence-corrected chi connectivity index (χ0v) is 18.6. The van der Waals surface area contributed by atoms with E-state index in [-0.39, 0.29) is 18.1 Å². The van der Waals surface area contributed by atoms with Crippen LogP contribution in [-0.4, -0.2) is 98.7 Å². The summed E-state index contributed by atoms with van der Waals surface area (Å²) in [6.07, 6.45) is -5.08. The molecule has 2 atom stereocenters. The number of carbonyl (C=O) groups is 3. The van der Waals surface area contributed by atoms with E-state index in [1.165, 1.54) is 0 Å². The molecule has 2 N–H and O–H groups in total. The van der Waals surface area contributed by atoms with Crippen molar-refractivity contribution in [3.8, 4) is 0 Å². The zero-order chi connectivity index (χ0) is 27.8. The van der Waals surface area contributed by atoms with Crippen LogP contribution in [0.2, 0.25) is 0 Å². The number of ether oxygens (including phenoxy) is 1. The minimum atomic E-state index is -5.08. The molecule has 2 aromatic rings. The van der Waals surface area contributed by atoms with Gasteiger partial charge in [0.25, 0.3) is 5.91 Å². The van der Waals surface area contributed by atoms with Gasteiger partial charge in [-0.2, -0.15) is 26.3 Å². The Bertz CT molecular complexity index is 1030. The van der Waals surface area contributed by atoms with Crippen LogP contribution in [0.25, 0.3) is 0 Å². The van der Waals surface area contributed by atoms with Crippen LogP contribution in [0.15, 0.2) is 42.9 Å². The Hall–Kier alpha value is -4.02. The van der Waals surface area contributed by atoms with Crippen molar-refractivity contribution in [3.63, 3.8) is 0 Å². The van der Waals surface area contributed by atoms with Crippen LogP contribution in [0.1, 0.15) is 10.5 Å². The predicted octanol–water partition coefficient (Wildman–Crippen LogP) is 1.87. The van der Waals surface area contributed by atoms with Gasteiger partial charge in [-0.15, -0.1) is 0 Å². The number of anilines is 1. The molecule has 0 unspecified atom stereocenters. The van der Waals surface area contributed by atoms with Crippen LogP contribution in [0.5, 0.6) is 0 Å². The summed E-state index contributed by atoms with van der Waals surface area (Å²) >= 11 is 0. The number of morpholine rings is 1. The molecular weight excluding hydrogens is 520 g/mol. The Balaban J connectivity index is 0.000000286. The second kappa shape index (κ2) is 12.3. The first-order valence-electron chi connectivity index (χ1n) is 10.2. The van der Waals surface area contributed by atoms with Crippen molar-refractivity contribution < 1.29 is 55.7 Å². The molecule has 17 heteroatoms. The van der Waals surface area contributed by atoms with E-state index in [1.54, 1.807) is 41.7 Å². The molecule has 0 bridgehead atoms. The van der Waals surface area contributed by atoms with E-state index < -0.39 is 24.3 Å². The summed E-state index contributed by atoms with van der Waals surface area (Å²) in [6.45, 7) is 2.52. The minimum absolute atomic E-state index is 0.0137. The van der Waals surface area contributed by atoms with Gasteiger partial charge in [-0.1, -0.05) is 6.07 Å². The first kappa shape index (κ1) is 29.2. The molecule has 0 spiro atoms. The number of halogens is 6. The molecule has 202 valence electrons. The largest absolute Gasteiger partial charge is 0.490 e. The van der Waals surface area contributed by atoms with Crippen LogP contribution in [-0.2, 0) is 14.3 Å². The lowest BCUT2D eigenvalue weighted by Crippen LogP contribution is -2.51. The van der Waals surface area contributed by atoms with Gasteiger partial charge >= 0.3 is 24.3 Å². The standard InChI is InChI=1S/C16H17N5O2.2C2HF3O2/c22-15(12-4-1-2-5-17-12)20-10-13-14(11-20)23-9-8-21(13)16-18-6-3-7-19-16;2*3-2(4,5)1(6)7/h1-7,13-14H,8-11H2;2*(H,6,7)/t13-,14+;;/m1../s1. The van der Waals surface area contributed by atoms with Crippen molar-refractivity contribution in [1.29, 1.82) is 0 Å². The SMILES string of the molecule is O=C(O)C(F)(F)F.O=C(O)C(F)(F)F.O=C(c1ccccn1)N1C[C@@H]2OCCN(c3ncccn3)[C@@H]2C1. The molecule has 37 heavy (non-hydrogen) atoms. The summed E-state index contributed by atoms with van der Waals surface area (Å²) in [5.74, 6) is -4.88. The summed E-state index contributed by atoms with van der Waals surface area (Å²) in [5.41, 5.74) is 0.466. The van der Waals surface area contributed by atoms with Gasteiger partial charge < -0.3 is 24.7 Å². The van der Waals surface area contributed by atoms with Crippen LogP contribution in [0.4, 0.5) is 32.3 Å². The Labute approximate surface area is 204 Å². The maximum Gasteiger partial charge on any atom is 0.490 e. The molecule has 11 nitrogen and oxygen atoms in total. The number of likely N-dealkylation sites (tertiary alicyclic amines) is 1. The van der Waals surface area contributed by atoms with E-state index in [0.717, 1.165) is 6.54 Å². The fourth-order valence-corrected chi connectivity index (χ4v) is 3.19. The average Bonchev–Trinajstić information content (AvgIpc) is 3.29. The summed E-state index contributed by atoms with van der Waals surface area (Å²) < 4.78 is 69.3. The number of carbonyl (C=O) groups excluding carboxylic acids is 1. The van der Waals surface area contributed by atoms with Gasteiger partial charge in [0, 0.05) is 38.2 Å². The number of pyridine rings is 1. The van der Waals surface area contributed by atoms with Crippen molar-refractivity contribution >= 4 is 23.8 Å². The summed E-state index contributed by atoms with van der Waals surface area (Å²) in [5, 5.41) is 14.2. The summed E-state index contributed by atoms with van der Waals surface area (Å²) in [7, 11) is 0. The van der Waals surface area contributed by atoms with E-state index in [4.69, 9.17) is 24.5 Å². The molecule has 2 aliphatic heterocycles. The molecule has 4 heterocycles. The van der Waals surface area contributed by atoms with Gasteiger partial charge in [-0.05, 0) is 18.2 Å². The highest BCUT2D eigenvalue weighted by atomic mass is 19.4. The monoisotopic (exact) mass is 539 g/mol. The number of aromatic nitrogens is 3. The van der Waals surface area contributed by atoms with Crippen LogP contribution >= 0.6 is 0 Å². The number of hydrogen-bond donors (Lipinski definition) is 2. The number of aliphatic carboxylic acids is 2. The molecule has 1 amide bonds. The van der Waals surface area contributed by atoms with E-state index in [2.05, 4.69) is 19.9 Å². The number of carboxylic acids is 2. The number of fused-ring (bicyclic) bond motifs is 1. The number of carboxylic acid groups (broad SMARTS) is 2. The van der Waals surface area contributed by atoms with Crippen molar-refractivity contribution in [2.24, 2.45) is 0 Å². The lowest BCUT2D eigenvalue weighted by atomic mass is 10.1. The molecule has 0 radical (unpaired) electrons. The fraction of sp³-hybridized carbons (Fsp3) is 0.400. The number of alkyl halides is 6. The molecule has 2 fully saturated rings. The molecular formula is C20H19F6N5O6. The average molecular weight is 539 g/mol. The molecule has 2 saturated heterocycles. The lowest BCUT2D eigenvalue weighted by molar-refractivity contribution is -0.193. The third kappa shape index (κ3) is 8.55.